The number of rotatable bonds is 1. The Morgan fingerprint density at radius 3 is 2.69 bits per heavy atom. The molecular weight excluding hydrogens is 202 g/mol. The molecule has 1 unspecified atom stereocenters. The lowest BCUT2D eigenvalue weighted by molar-refractivity contribution is 0.125. The molecule has 1 atom stereocenters. The maximum atomic E-state index is 10.1. The van der Waals surface area contributed by atoms with E-state index in [1.165, 1.54) is 0 Å². The molecule has 0 radical (unpaired) electrons. The first kappa shape index (κ1) is 11.2. The zero-order chi connectivity index (χ0) is 11.9. The third-order valence-electron chi connectivity index (χ3n) is 2.96. The fourth-order valence-corrected chi connectivity index (χ4v) is 2.09. The fraction of sp³-hybridized carbons (Fsp3) is 0.583. The third-order valence-corrected chi connectivity index (χ3v) is 2.96. The third kappa shape index (κ3) is 1.97. The molecule has 1 aliphatic heterocycles. The maximum absolute atomic E-state index is 10.1. The van der Waals surface area contributed by atoms with E-state index >= 15 is 0 Å². The predicted molar refractivity (Wildman–Crippen MR) is 64.0 cm³/mol. The number of hydrogen-bond acceptors (Lipinski definition) is 3. The summed E-state index contributed by atoms with van der Waals surface area (Å²) in [6.07, 6.45) is 4.33. The van der Waals surface area contributed by atoms with Crippen LogP contribution in [0.5, 0.6) is 0 Å². The van der Waals surface area contributed by atoms with Crippen LogP contribution in [0.4, 0.5) is 5.82 Å². The average molecular weight is 221 g/mol. The number of aliphatic hydroxyl groups is 1. The molecule has 4 heteroatoms. The quantitative estimate of drug-likeness (QED) is 0.786. The summed E-state index contributed by atoms with van der Waals surface area (Å²) in [5.41, 5.74) is 1.02. The van der Waals surface area contributed by atoms with Gasteiger partial charge in [-0.2, -0.15) is 5.10 Å². The van der Waals surface area contributed by atoms with Crippen LogP contribution in [0.3, 0.4) is 0 Å². The largest absolute Gasteiger partial charge is 0.373 e. The number of nitrogens with zero attached hydrogens (tertiary/aromatic N) is 3. The molecule has 0 saturated heterocycles. The molecule has 0 saturated carbocycles. The van der Waals surface area contributed by atoms with E-state index in [0.29, 0.717) is 0 Å². The van der Waals surface area contributed by atoms with Crippen molar-refractivity contribution in [3.8, 4) is 0 Å². The van der Waals surface area contributed by atoms with Gasteiger partial charge in [0, 0.05) is 25.7 Å². The highest BCUT2D eigenvalue weighted by molar-refractivity contribution is 5.45. The Morgan fingerprint density at radius 1 is 1.50 bits per heavy atom. The van der Waals surface area contributed by atoms with Gasteiger partial charge in [0.2, 0.25) is 0 Å². The molecule has 16 heavy (non-hydrogen) atoms. The van der Waals surface area contributed by atoms with Crippen molar-refractivity contribution < 1.29 is 5.11 Å². The van der Waals surface area contributed by atoms with Gasteiger partial charge in [-0.1, -0.05) is 19.9 Å². The zero-order valence-electron chi connectivity index (χ0n) is 10.3. The maximum Gasteiger partial charge on any atom is 0.132 e. The van der Waals surface area contributed by atoms with Crippen LogP contribution < -0.4 is 4.90 Å². The van der Waals surface area contributed by atoms with E-state index in [1.807, 2.05) is 31.1 Å². The Kier molecular flexibility index (Phi) is 2.54. The van der Waals surface area contributed by atoms with Crippen LogP contribution in [0.2, 0.25) is 0 Å². The lowest BCUT2D eigenvalue weighted by Crippen LogP contribution is -2.39. The molecule has 0 amide bonds. The van der Waals surface area contributed by atoms with Gasteiger partial charge in [-0.3, -0.25) is 4.68 Å². The number of aryl methyl sites for hydroxylation is 2. The van der Waals surface area contributed by atoms with E-state index in [1.54, 1.807) is 4.68 Å². The normalized spacial score (nSPS) is 23.8. The molecule has 4 nitrogen and oxygen atoms in total. The van der Waals surface area contributed by atoms with Gasteiger partial charge in [0.15, 0.2) is 0 Å². The van der Waals surface area contributed by atoms with Crippen molar-refractivity contribution in [1.29, 1.82) is 0 Å². The van der Waals surface area contributed by atoms with Gasteiger partial charge in [-0.25, -0.2) is 0 Å². The summed E-state index contributed by atoms with van der Waals surface area (Å²) in [5.74, 6) is 0.928. The van der Waals surface area contributed by atoms with E-state index < -0.39 is 6.23 Å². The highest BCUT2D eigenvalue weighted by Crippen LogP contribution is 2.32. The summed E-state index contributed by atoms with van der Waals surface area (Å²) >= 11 is 0. The first-order chi connectivity index (χ1) is 7.39. The van der Waals surface area contributed by atoms with Crippen molar-refractivity contribution in [2.45, 2.75) is 33.4 Å². The molecule has 0 bridgehead atoms. The second kappa shape index (κ2) is 3.63. The number of aliphatic hydroxyl groups excluding tert-OH is 1. The predicted octanol–water partition coefficient (Wildman–Crippen LogP) is 1.80. The zero-order valence-corrected chi connectivity index (χ0v) is 10.3. The Bertz CT molecular complexity index is 420. The highest BCUT2D eigenvalue weighted by Gasteiger charge is 2.29. The van der Waals surface area contributed by atoms with Crippen LogP contribution in [0.1, 0.15) is 26.0 Å². The lowest BCUT2D eigenvalue weighted by atomic mass is 9.86. The van der Waals surface area contributed by atoms with Crippen molar-refractivity contribution in [2.24, 2.45) is 12.5 Å². The Labute approximate surface area is 96.2 Å². The van der Waals surface area contributed by atoms with Gasteiger partial charge in [0.05, 0.1) is 5.69 Å². The smallest absolute Gasteiger partial charge is 0.132 e. The highest BCUT2D eigenvalue weighted by atomic mass is 16.3. The molecule has 1 aromatic heterocycles. The summed E-state index contributed by atoms with van der Waals surface area (Å²) < 4.78 is 1.79. The molecule has 88 valence electrons. The number of aromatic nitrogens is 2. The first-order valence-electron chi connectivity index (χ1n) is 5.55. The second-order valence-corrected chi connectivity index (χ2v) is 5.16. The van der Waals surface area contributed by atoms with E-state index in [-0.39, 0.29) is 5.41 Å². The summed E-state index contributed by atoms with van der Waals surface area (Å²) in [7, 11) is 1.89. The van der Waals surface area contributed by atoms with E-state index in [2.05, 4.69) is 25.0 Å². The molecule has 2 heterocycles. The molecule has 0 aromatic carbocycles. The monoisotopic (exact) mass is 221 g/mol. The van der Waals surface area contributed by atoms with Crippen LogP contribution in [0, 0.1) is 12.3 Å². The first-order valence-corrected chi connectivity index (χ1v) is 5.55. The van der Waals surface area contributed by atoms with Crippen LogP contribution in [0.15, 0.2) is 18.3 Å². The average Bonchev–Trinajstić information content (AvgIpc) is 2.43. The SMILES string of the molecule is Cc1cc(N2C=CC(C)(C)CC2O)n(C)n1. The van der Waals surface area contributed by atoms with E-state index in [9.17, 15) is 5.11 Å². The second-order valence-electron chi connectivity index (χ2n) is 5.16. The summed E-state index contributed by atoms with van der Waals surface area (Å²) in [4.78, 5) is 1.87. The molecule has 0 spiro atoms. The van der Waals surface area contributed by atoms with Gasteiger partial charge in [-0.05, 0) is 12.3 Å². The van der Waals surface area contributed by atoms with Crippen molar-refractivity contribution in [2.75, 3.05) is 4.90 Å². The minimum absolute atomic E-state index is 0.0591. The van der Waals surface area contributed by atoms with Crippen molar-refractivity contribution in [3.63, 3.8) is 0 Å². The van der Waals surface area contributed by atoms with Gasteiger partial charge in [0.25, 0.3) is 0 Å². The Balaban J connectivity index is 2.32. The Morgan fingerprint density at radius 2 is 2.19 bits per heavy atom. The minimum atomic E-state index is -0.477. The number of allylic oxidation sites excluding steroid dienone is 1. The molecule has 1 aliphatic rings. The van der Waals surface area contributed by atoms with Crippen molar-refractivity contribution >= 4 is 5.82 Å². The number of hydrogen-bond donors (Lipinski definition) is 1. The van der Waals surface area contributed by atoms with E-state index in [4.69, 9.17) is 0 Å². The van der Waals surface area contributed by atoms with Crippen LogP contribution >= 0.6 is 0 Å². The fourth-order valence-electron chi connectivity index (χ4n) is 2.09. The molecule has 0 aliphatic carbocycles. The van der Waals surface area contributed by atoms with Gasteiger partial charge >= 0.3 is 0 Å². The summed E-state index contributed by atoms with van der Waals surface area (Å²) in [5, 5.41) is 14.4. The summed E-state index contributed by atoms with van der Waals surface area (Å²) in [6.45, 7) is 6.20. The standard InChI is InChI=1S/C12H19N3O/c1-9-7-10(14(4)13-9)15-6-5-12(2,3)8-11(15)16/h5-7,11,16H,8H2,1-4H3. The molecule has 0 fully saturated rings. The van der Waals surface area contributed by atoms with Crippen LogP contribution in [-0.2, 0) is 7.05 Å². The summed E-state index contributed by atoms with van der Waals surface area (Å²) in [6, 6.07) is 1.98. The van der Waals surface area contributed by atoms with Crippen LogP contribution in [-0.4, -0.2) is 21.1 Å². The van der Waals surface area contributed by atoms with E-state index in [0.717, 1.165) is 17.9 Å². The van der Waals surface area contributed by atoms with Crippen molar-refractivity contribution in [3.05, 3.63) is 24.0 Å². The van der Waals surface area contributed by atoms with Gasteiger partial charge in [0.1, 0.15) is 12.0 Å². The Hall–Kier alpha value is -1.29. The topological polar surface area (TPSA) is 41.3 Å². The van der Waals surface area contributed by atoms with Gasteiger partial charge in [-0.15, -0.1) is 0 Å². The number of anilines is 1. The van der Waals surface area contributed by atoms with Crippen LogP contribution in [0.25, 0.3) is 0 Å². The van der Waals surface area contributed by atoms with Gasteiger partial charge < -0.3 is 10.0 Å². The lowest BCUT2D eigenvalue weighted by Gasteiger charge is -2.36. The molecule has 1 aromatic rings. The molecular formula is C12H19N3O. The van der Waals surface area contributed by atoms with Crippen molar-refractivity contribution in [1.82, 2.24) is 9.78 Å². The molecule has 2 rings (SSSR count). The molecule has 1 N–H and O–H groups in total. The minimum Gasteiger partial charge on any atom is -0.373 e.